The van der Waals surface area contributed by atoms with Crippen LogP contribution in [0, 0.1) is 5.82 Å². The van der Waals surface area contributed by atoms with Gasteiger partial charge >= 0.3 is 5.97 Å². The van der Waals surface area contributed by atoms with Gasteiger partial charge in [-0.15, -0.1) is 0 Å². The second-order valence-corrected chi connectivity index (χ2v) is 7.31. The maximum absolute atomic E-state index is 13.3. The van der Waals surface area contributed by atoms with Gasteiger partial charge in [0.05, 0.1) is 41.8 Å². The molecule has 0 aliphatic carbocycles. The highest BCUT2D eigenvalue weighted by atomic mass is 79.9. The number of carbonyl (C=O) groups excluding carboxylic acids is 2. The van der Waals surface area contributed by atoms with Crippen molar-refractivity contribution in [3.8, 4) is 5.69 Å². The highest BCUT2D eigenvalue weighted by molar-refractivity contribution is 9.10. The van der Waals surface area contributed by atoms with Crippen LogP contribution in [-0.4, -0.2) is 34.5 Å². The summed E-state index contributed by atoms with van der Waals surface area (Å²) in [6.07, 6.45) is -0.222. The van der Waals surface area contributed by atoms with Gasteiger partial charge in [0.2, 0.25) is 0 Å². The fraction of sp³-hybridized carbons (Fsp3) is 0.143. The first-order valence-electron chi connectivity index (χ1n) is 9.08. The standard InChI is InChI=1S/C21H18BrFN4O4/c1-12(24-25-20(29)15-5-3-4-6-16(15)22)19-17(11-18(28)31-2)26-27(21(19)30)14-9-7-13(23)8-10-14/h3-10,26H,11H2,1-2H3,(H,25,29). The van der Waals surface area contributed by atoms with Crippen molar-refractivity contribution in [2.24, 2.45) is 5.10 Å². The van der Waals surface area contributed by atoms with Gasteiger partial charge < -0.3 is 4.74 Å². The maximum atomic E-state index is 13.3. The second-order valence-electron chi connectivity index (χ2n) is 6.45. The van der Waals surface area contributed by atoms with Crippen LogP contribution in [0.15, 0.2) is 62.9 Å². The van der Waals surface area contributed by atoms with Crippen molar-refractivity contribution < 1.29 is 18.7 Å². The third-order valence-electron chi connectivity index (χ3n) is 4.40. The summed E-state index contributed by atoms with van der Waals surface area (Å²) in [5.41, 5.74) is 3.16. The van der Waals surface area contributed by atoms with Gasteiger partial charge in [0, 0.05) is 4.47 Å². The monoisotopic (exact) mass is 488 g/mol. The molecule has 0 spiro atoms. The van der Waals surface area contributed by atoms with Crippen LogP contribution in [-0.2, 0) is 16.0 Å². The number of H-pyrrole nitrogens is 1. The first-order chi connectivity index (χ1) is 14.8. The second kappa shape index (κ2) is 9.52. The average molecular weight is 489 g/mol. The van der Waals surface area contributed by atoms with Gasteiger partial charge in [0.15, 0.2) is 0 Å². The Morgan fingerprint density at radius 1 is 1.19 bits per heavy atom. The third kappa shape index (κ3) is 4.97. The zero-order valence-corrected chi connectivity index (χ0v) is 18.2. The zero-order chi connectivity index (χ0) is 22.5. The summed E-state index contributed by atoms with van der Waals surface area (Å²) in [6.45, 7) is 1.53. The molecule has 1 amide bonds. The summed E-state index contributed by atoms with van der Waals surface area (Å²) < 4.78 is 19.7. The van der Waals surface area contributed by atoms with Gasteiger partial charge in [-0.3, -0.25) is 19.5 Å². The molecular formula is C21H18BrFN4O4. The van der Waals surface area contributed by atoms with E-state index in [0.717, 1.165) is 0 Å². The molecular weight excluding hydrogens is 471 g/mol. The Balaban J connectivity index is 1.99. The lowest BCUT2D eigenvalue weighted by atomic mass is 10.1. The van der Waals surface area contributed by atoms with E-state index < -0.39 is 23.3 Å². The summed E-state index contributed by atoms with van der Waals surface area (Å²) in [5, 5.41) is 6.88. The number of methoxy groups -OCH3 is 1. The number of hydrogen-bond donors (Lipinski definition) is 2. The number of nitrogens with zero attached hydrogens (tertiary/aromatic N) is 2. The van der Waals surface area contributed by atoms with Crippen molar-refractivity contribution >= 4 is 33.5 Å². The van der Waals surface area contributed by atoms with Crippen molar-refractivity contribution in [2.75, 3.05) is 7.11 Å². The molecule has 1 aromatic heterocycles. The number of amides is 1. The Kier molecular flexibility index (Phi) is 6.81. The molecule has 8 nitrogen and oxygen atoms in total. The number of hydrogen-bond acceptors (Lipinski definition) is 5. The molecule has 0 bridgehead atoms. The van der Waals surface area contributed by atoms with Gasteiger partial charge in [-0.05, 0) is 59.3 Å². The molecule has 0 saturated carbocycles. The number of hydrazone groups is 1. The molecule has 31 heavy (non-hydrogen) atoms. The van der Waals surface area contributed by atoms with Crippen LogP contribution < -0.4 is 11.0 Å². The number of ether oxygens (including phenoxy) is 1. The number of rotatable bonds is 6. The Hall–Kier alpha value is -3.53. The van der Waals surface area contributed by atoms with Crippen LogP contribution in [0.25, 0.3) is 5.69 Å². The van der Waals surface area contributed by atoms with Crippen LogP contribution in [0.2, 0.25) is 0 Å². The molecule has 3 rings (SSSR count). The summed E-state index contributed by atoms with van der Waals surface area (Å²) in [5.74, 6) is -1.50. The molecule has 0 aliphatic heterocycles. The lowest BCUT2D eigenvalue weighted by molar-refractivity contribution is -0.139. The van der Waals surface area contributed by atoms with Gasteiger partial charge in [0.25, 0.3) is 11.5 Å². The van der Waals surface area contributed by atoms with Crippen LogP contribution in [0.1, 0.15) is 28.5 Å². The molecule has 0 atom stereocenters. The number of halogens is 2. The average Bonchev–Trinajstić information content (AvgIpc) is 3.08. The number of aromatic nitrogens is 2. The molecule has 2 aromatic carbocycles. The molecule has 0 fully saturated rings. The van der Waals surface area contributed by atoms with E-state index in [1.807, 2.05) is 0 Å². The van der Waals surface area contributed by atoms with Gasteiger partial charge in [0.1, 0.15) is 5.82 Å². The molecule has 1 heterocycles. The highest BCUT2D eigenvalue weighted by Crippen LogP contribution is 2.16. The zero-order valence-electron chi connectivity index (χ0n) is 16.6. The van der Waals surface area contributed by atoms with Crippen LogP contribution >= 0.6 is 15.9 Å². The van der Waals surface area contributed by atoms with Crippen LogP contribution in [0.3, 0.4) is 0 Å². The number of carbonyl (C=O) groups is 2. The predicted molar refractivity (Wildman–Crippen MR) is 116 cm³/mol. The number of esters is 1. The van der Waals surface area contributed by atoms with Gasteiger partial charge in [-0.25, -0.2) is 14.5 Å². The van der Waals surface area contributed by atoms with Crippen molar-refractivity contribution in [3.05, 3.63) is 86.0 Å². The largest absolute Gasteiger partial charge is 0.469 e. The molecule has 0 saturated heterocycles. The molecule has 3 aromatic rings. The van der Waals surface area contributed by atoms with E-state index in [4.69, 9.17) is 4.74 Å². The normalized spacial score (nSPS) is 11.3. The van der Waals surface area contributed by atoms with Crippen molar-refractivity contribution in [1.82, 2.24) is 15.2 Å². The third-order valence-corrected chi connectivity index (χ3v) is 5.10. The summed E-state index contributed by atoms with van der Waals surface area (Å²) in [4.78, 5) is 37.3. The molecule has 10 heteroatoms. The van der Waals surface area contributed by atoms with E-state index >= 15 is 0 Å². The van der Waals surface area contributed by atoms with E-state index in [2.05, 4.69) is 31.6 Å². The topological polar surface area (TPSA) is 106 Å². The Labute approximate surface area is 184 Å². The van der Waals surface area contributed by atoms with Crippen LogP contribution in [0.4, 0.5) is 4.39 Å². The van der Waals surface area contributed by atoms with Gasteiger partial charge in [-0.1, -0.05) is 12.1 Å². The van der Waals surface area contributed by atoms with Crippen LogP contribution in [0.5, 0.6) is 0 Å². The minimum Gasteiger partial charge on any atom is -0.469 e. The minimum absolute atomic E-state index is 0.0992. The summed E-state index contributed by atoms with van der Waals surface area (Å²) in [7, 11) is 1.23. The molecule has 2 N–H and O–H groups in total. The highest BCUT2D eigenvalue weighted by Gasteiger charge is 2.21. The van der Waals surface area contributed by atoms with E-state index in [0.29, 0.717) is 15.7 Å². The SMILES string of the molecule is COC(=O)Cc1[nH]n(-c2ccc(F)cc2)c(=O)c1C(C)=NNC(=O)c1ccccc1Br. The number of nitrogens with one attached hydrogen (secondary N) is 2. The lowest BCUT2D eigenvalue weighted by Gasteiger charge is -2.04. The number of aromatic amines is 1. The fourth-order valence-corrected chi connectivity index (χ4v) is 3.33. The Morgan fingerprint density at radius 3 is 2.52 bits per heavy atom. The van der Waals surface area contributed by atoms with E-state index in [-0.39, 0.29) is 23.4 Å². The fourth-order valence-electron chi connectivity index (χ4n) is 2.87. The smallest absolute Gasteiger partial charge is 0.311 e. The summed E-state index contributed by atoms with van der Waals surface area (Å²) in [6, 6.07) is 12.1. The predicted octanol–water partition coefficient (Wildman–Crippen LogP) is 2.94. The molecule has 160 valence electrons. The molecule has 0 radical (unpaired) electrons. The minimum atomic E-state index is -0.571. The molecule has 0 unspecified atom stereocenters. The Morgan fingerprint density at radius 2 is 1.87 bits per heavy atom. The number of benzene rings is 2. The van der Waals surface area contributed by atoms with Gasteiger partial charge in [-0.2, -0.15) is 5.10 Å². The quantitative estimate of drug-likeness (QED) is 0.316. The maximum Gasteiger partial charge on any atom is 0.311 e. The van der Waals surface area contributed by atoms with Crippen molar-refractivity contribution in [2.45, 2.75) is 13.3 Å². The van der Waals surface area contributed by atoms with E-state index in [1.54, 1.807) is 24.3 Å². The van der Waals surface area contributed by atoms with Crippen molar-refractivity contribution in [3.63, 3.8) is 0 Å². The van der Waals surface area contributed by atoms with E-state index in [1.165, 1.54) is 43.0 Å². The molecule has 0 aliphatic rings. The van der Waals surface area contributed by atoms with E-state index in [9.17, 15) is 18.8 Å². The first kappa shape index (κ1) is 22.2. The summed E-state index contributed by atoms with van der Waals surface area (Å²) >= 11 is 3.30. The lowest BCUT2D eigenvalue weighted by Crippen LogP contribution is -2.24. The first-order valence-corrected chi connectivity index (χ1v) is 9.87. The Bertz CT molecular complexity index is 1210. The van der Waals surface area contributed by atoms with Crippen molar-refractivity contribution in [1.29, 1.82) is 0 Å².